The zero-order chi connectivity index (χ0) is 19.8. The first-order valence-corrected chi connectivity index (χ1v) is 9.53. The molecule has 0 unspecified atom stereocenters. The molecule has 7 nitrogen and oxygen atoms in total. The van der Waals surface area contributed by atoms with Crippen LogP contribution in [0.4, 0.5) is 28.8 Å². The van der Waals surface area contributed by atoms with Gasteiger partial charge in [0.2, 0.25) is 13.9 Å². The Labute approximate surface area is 173 Å². The fourth-order valence-corrected chi connectivity index (χ4v) is 2.70. The highest BCUT2D eigenvalue weighted by molar-refractivity contribution is 9.10. The molecule has 2 aromatic carbocycles. The molecule has 3 aromatic rings. The average molecular weight is 442 g/mol. The summed E-state index contributed by atoms with van der Waals surface area (Å²) in [6.07, 6.45) is 1.71. The van der Waals surface area contributed by atoms with Gasteiger partial charge in [0.25, 0.3) is 0 Å². The van der Waals surface area contributed by atoms with Crippen molar-refractivity contribution in [1.29, 1.82) is 0 Å². The van der Waals surface area contributed by atoms with E-state index in [1.165, 1.54) is 0 Å². The lowest BCUT2D eigenvalue weighted by Gasteiger charge is -2.12. The molecule has 144 valence electrons. The number of aromatic nitrogens is 2. The second-order valence-electron chi connectivity index (χ2n) is 5.84. The van der Waals surface area contributed by atoms with Crippen LogP contribution in [-0.4, -0.2) is 38.3 Å². The van der Waals surface area contributed by atoms with Crippen LogP contribution in [0.15, 0.2) is 59.2 Å². The Hall–Kier alpha value is -2.78. The van der Waals surface area contributed by atoms with E-state index in [9.17, 15) is 0 Å². The van der Waals surface area contributed by atoms with Crippen LogP contribution in [0, 0.1) is 0 Å². The lowest BCUT2D eigenvalue weighted by molar-refractivity contribution is 0.146. The molecule has 9 heteroatoms. The Kier molecular flexibility index (Phi) is 7.10. The van der Waals surface area contributed by atoms with Crippen molar-refractivity contribution in [2.24, 2.45) is 0 Å². The first-order valence-electron chi connectivity index (χ1n) is 8.74. The van der Waals surface area contributed by atoms with Gasteiger partial charge in [0.15, 0.2) is 0 Å². The Morgan fingerprint density at radius 1 is 1.00 bits per heavy atom. The number of nitrogens with zero attached hydrogens (tertiary/aromatic N) is 2. The maximum absolute atomic E-state index is 5.57. The molecule has 1 aromatic heterocycles. The first-order chi connectivity index (χ1) is 13.7. The van der Waals surface area contributed by atoms with Gasteiger partial charge < -0.3 is 25.3 Å². The highest BCUT2D eigenvalue weighted by Crippen LogP contribution is 2.26. The quantitative estimate of drug-likeness (QED) is 0.345. The number of hydrogen-bond donors (Lipinski definition) is 3. The number of anilines is 5. The summed E-state index contributed by atoms with van der Waals surface area (Å²) in [7, 11) is 3.53. The molecule has 0 saturated carbocycles. The number of nitrogens with one attached hydrogen (secondary N) is 3. The Morgan fingerprint density at radius 2 is 1.79 bits per heavy atom. The summed E-state index contributed by atoms with van der Waals surface area (Å²) in [6.45, 7) is 1.07. The normalized spacial score (nSPS) is 10.4. The van der Waals surface area contributed by atoms with Crippen LogP contribution in [0.25, 0.3) is 0 Å². The molecule has 1 heterocycles. The molecule has 3 rings (SSSR count). The SMILES string of the molecule is BNc1cccc(Nc2nc(Nc3ccc(OCCOC)cc3)ncc2Br)c1. The van der Waals surface area contributed by atoms with Crippen LogP contribution in [-0.2, 0) is 4.74 Å². The molecule has 0 aliphatic carbocycles. The van der Waals surface area contributed by atoms with Gasteiger partial charge in [-0.25, -0.2) is 4.98 Å². The summed E-state index contributed by atoms with van der Waals surface area (Å²) in [5.74, 6) is 1.94. The van der Waals surface area contributed by atoms with Gasteiger partial charge in [0.05, 0.1) is 11.1 Å². The summed E-state index contributed by atoms with van der Waals surface area (Å²) in [5, 5.41) is 9.62. The molecule has 0 aliphatic rings. The van der Waals surface area contributed by atoms with Crippen molar-refractivity contribution < 1.29 is 9.47 Å². The van der Waals surface area contributed by atoms with Crippen molar-refractivity contribution in [2.45, 2.75) is 0 Å². The van der Waals surface area contributed by atoms with Crippen LogP contribution in [0.5, 0.6) is 5.75 Å². The van der Waals surface area contributed by atoms with Gasteiger partial charge in [-0.3, -0.25) is 0 Å². The molecule has 0 radical (unpaired) electrons. The molecule has 0 spiro atoms. The number of methoxy groups -OCH3 is 1. The molecule has 0 fully saturated rings. The van der Waals surface area contributed by atoms with E-state index in [0.717, 1.165) is 27.3 Å². The minimum absolute atomic E-state index is 0.489. The predicted octanol–water partition coefficient (Wildman–Crippen LogP) is 3.71. The minimum atomic E-state index is 0.489. The van der Waals surface area contributed by atoms with Crippen LogP contribution in [0.3, 0.4) is 0 Å². The Morgan fingerprint density at radius 3 is 2.54 bits per heavy atom. The Balaban J connectivity index is 1.68. The van der Waals surface area contributed by atoms with Gasteiger partial charge in [-0.1, -0.05) is 6.07 Å². The van der Waals surface area contributed by atoms with Crippen molar-refractivity contribution >= 4 is 52.7 Å². The zero-order valence-corrected chi connectivity index (χ0v) is 17.3. The molecule has 3 N–H and O–H groups in total. The summed E-state index contributed by atoms with van der Waals surface area (Å²) in [6, 6.07) is 15.6. The van der Waals surface area contributed by atoms with Crippen molar-refractivity contribution in [2.75, 3.05) is 36.2 Å². The molecule has 0 saturated heterocycles. The summed E-state index contributed by atoms with van der Waals surface area (Å²) >= 11 is 3.49. The van der Waals surface area contributed by atoms with Gasteiger partial charge in [0, 0.05) is 30.4 Å². The van der Waals surface area contributed by atoms with Crippen molar-refractivity contribution in [3.05, 3.63) is 59.2 Å². The van der Waals surface area contributed by atoms with E-state index in [0.29, 0.717) is 25.0 Å². The minimum Gasteiger partial charge on any atom is -0.491 e. The van der Waals surface area contributed by atoms with Crippen LogP contribution in [0.1, 0.15) is 0 Å². The van der Waals surface area contributed by atoms with Crippen LogP contribution in [0.2, 0.25) is 0 Å². The van der Waals surface area contributed by atoms with E-state index in [4.69, 9.17) is 9.47 Å². The highest BCUT2D eigenvalue weighted by atomic mass is 79.9. The number of benzene rings is 2. The smallest absolute Gasteiger partial charge is 0.229 e. The van der Waals surface area contributed by atoms with E-state index in [2.05, 4.69) is 41.8 Å². The average Bonchev–Trinajstić information content (AvgIpc) is 2.72. The molecule has 0 atom stereocenters. The van der Waals surface area contributed by atoms with E-state index < -0.39 is 0 Å². The maximum atomic E-state index is 5.57. The lowest BCUT2D eigenvalue weighted by Crippen LogP contribution is -2.04. The maximum Gasteiger partial charge on any atom is 0.229 e. The monoisotopic (exact) mass is 441 g/mol. The van der Waals surface area contributed by atoms with Gasteiger partial charge in [-0.15, -0.1) is 0 Å². The van der Waals surface area contributed by atoms with Crippen molar-refractivity contribution in [3.63, 3.8) is 0 Å². The third-order valence-corrected chi connectivity index (χ3v) is 4.41. The second kappa shape index (κ2) is 9.96. The van der Waals surface area contributed by atoms with E-state index in [-0.39, 0.29) is 0 Å². The molecule has 0 amide bonds. The van der Waals surface area contributed by atoms with Crippen LogP contribution >= 0.6 is 15.9 Å². The Bertz CT molecular complexity index is 911. The molecular formula is C19H21BBrN5O2. The van der Waals surface area contributed by atoms with Crippen molar-refractivity contribution in [1.82, 2.24) is 9.97 Å². The summed E-state index contributed by atoms with van der Waals surface area (Å²) in [5.41, 5.74) is 2.81. The lowest BCUT2D eigenvalue weighted by atomic mass is 10.2. The molecule has 0 aliphatic heterocycles. The fraction of sp³-hybridized carbons (Fsp3) is 0.158. The van der Waals surface area contributed by atoms with Gasteiger partial charge in [-0.05, 0) is 58.4 Å². The van der Waals surface area contributed by atoms with E-state index >= 15 is 0 Å². The van der Waals surface area contributed by atoms with E-state index in [1.54, 1.807) is 13.3 Å². The van der Waals surface area contributed by atoms with Gasteiger partial charge in [-0.2, -0.15) is 4.98 Å². The summed E-state index contributed by atoms with van der Waals surface area (Å²) in [4.78, 5) is 8.88. The predicted molar refractivity (Wildman–Crippen MR) is 119 cm³/mol. The number of rotatable bonds is 9. The largest absolute Gasteiger partial charge is 0.491 e. The molecular weight excluding hydrogens is 421 g/mol. The molecule has 28 heavy (non-hydrogen) atoms. The topological polar surface area (TPSA) is 80.3 Å². The summed E-state index contributed by atoms with van der Waals surface area (Å²) < 4.78 is 11.3. The number of hydrogen-bond acceptors (Lipinski definition) is 7. The fourth-order valence-electron chi connectivity index (χ4n) is 2.41. The van der Waals surface area contributed by atoms with Crippen LogP contribution < -0.4 is 20.6 Å². The third-order valence-electron chi connectivity index (χ3n) is 3.82. The van der Waals surface area contributed by atoms with Gasteiger partial charge in [0.1, 0.15) is 18.2 Å². The standard InChI is InChI=1S/C19H21BBrN5O2/c1-27-9-10-28-16-7-5-13(6-8-16)24-19-22-12-17(21)18(25-19)23-14-3-2-4-15(11-14)26-20/h2-8,11-12,26H,9-10,20H2,1H3,(H2,22,23,24,25). The van der Waals surface area contributed by atoms with E-state index in [1.807, 2.05) is 56.5 Å². The highest BCUT2D eigenvalue weighted by Gasteiger charge is 2.07. The first kappa shape index (κ1) is 20.0. The number of ether oxygens (including phenoxy) is 2. The van der Waals surface area contributed by atoms with Gasteiger partial charge >= 0.3 is 0 Å². The zero-order valence-electron chi connectivity index (χ0n) is 15.7. The third kappa shape index (κ3) is 5.61. The second-order valence-corrected chi connectivity index (χ2v) is 6.69. The number of halogens is 1. The molecule has 0 bridgehead atoms. The van der Waals surface area contributed by atoms with Crippen molar-refractivity contribution in [3.8, 4) is 5.75 Å².